The van der Waals surface area contributed by atoms with Crippen molar-refractivity contribution >= 4 is 46.3 Å². The van der Waals surface area contributed by atoms with Gasteiger partial charge in [-0.2, -0.15) is 18.4 Å². The highest BCUT2D eigenvalue weighted by molar-refractivity contribution is 6.30. The fourth-order valence-electron chi connectivity index (χ4n) is 5.28. The lowest BCUT2D eigenvalue weighted by Crippen LogP contribution is -2.50. The Labute approximate surface area is 264 Å². The summed E-state index contributed by atoms with van der Waals surface area (Å²) in [5.41, 5.74) is 0.874. The van der Waals surface area contributed by atoms with Gasteiger partial charge in [0.1, 0.15) is 11.6 Å². The zero-order valence-electron chi connectivity index (χ0n) is 25.4. The third-order valence-corrected chi connectivity index (χ3v) is 8.36. The Hall–Kier alpha value is -4.37. The molecule has 0 radical (unpaired) electrons. The van der Waals surface area contributed by atoms with Crippen LogP contribution in [0.3, 0.4) is 0 Å². The van der Waals surface area contributed by atoms with Gasteiger partial charge in [-0.15, -0.1) is 0 Å². The van der Waals surface area contributed by atoms with Crippen molar-refractivity contribution in [1.82, 2.24) is 19.4 Å². The molecule has 3 aromatic rings. The van der Waals surface area contributed by atoms with Crippen molar-refractivity contribution in [1.29, 1.82) is 5.26 Å². The van der Waals surface area contributed by atoms with Gasteiger partial charge in [-0.05, 0) is 67.1 Å². The Morgan fingerprint density at radius 2 is 1.84 bits per heavy atom. The first-order valence-corrected chi connectivity index (χ1v) is 14.7. The maximum atomic E-state index is 13.6. The minimum absolute atomic E-state index is 0.173. The normalized spacial score (nSPS) is 16.2. The maximum Gasteiger partial charge on any atom is 0.471 e. The van der Waals surface area contributed by atoms with Gasteiger partial charge in [-0.1, -0.05) is 45.0 Å². The number of anilines is 1. The molecule has 2 aromatic carbocycles. The predicted octanol–water partition coefficient (Wildman–Crippen LogP) is 6.51. The molecule has 1 fully saturated rings. The smallest absolute Gasteiger partial charge is 0.336 e. The molecule has 1 saturated heterocycles. The van der Waals surface area contributed by atoms with Crippen molar-refractivity contribution in [3.8, 4) is 6.07 Å². The van der Waals surface area contributed by atoms with Crippen molar-refractivity contribution in [3.05, 3.63) is 70.8 Å². The van der Waals surface area contributed by atoms with E-state index in [-0.39, 0.29) is 30.7 Å². The molecule has 0 aliphatic carbocycles. The summed E-state index contributed by atoms with van der Waals surface area (Å²) in [7, 11) is 0. The van der Waals surface area contributed by atoms with E-state index in [1.54, 1.807) is 80.8 Å². The number of nitriles is 1. The van der Waals surface area contributed by atoms with E-state index in [0.29, 0.717) is 46.6 Å². The van der Waals surface area contributed by atoms with Crippen LogP contribution in [0.25, 0.3) is 11.0 Å². The van der Waals surface area contributed by atoms with Gasteiger partial charge in [0.15, 0.2) is 0 Å². The van der Waals surface area contributed by atoms with Crippen LogP contribution < -0.4 is 5.32 Å². The van der Waals surface area contributed by atoms with E-state index in [1.165, 1.54) is 4.90 Å². The number of likely N-dealkylation sites (tertiary alicyclic amines) is 1. The number of fused-ring (bicyclic) bond motifs is 1. The summed E-state index contributed by atoms with van der Waals surface area (Å²) in [6.07, 6.45) is -3.82. The van der Waals surface area contributed by atoms with Crippen LogP contribution in [0.5, 0.6) is 0 Å². The van der Waals surface area contributed by atoms with Gasteiger partial charge in [0.05, 0.1) is 17.1 Å². The number of imidazole rings is 1. The molecule has 1 N–H and O–H groups in total. The minimum Gasteiger partial charge on any atom is -0.336 e. The number of alkyl halides is 3. The zero-order valence-corrected chi connectivity index (χ0v) is 26.2. The molecule has 1 unspecified atom stereocenters. The molecule has 4 rings (SSSR count). The number of piperidine rings is 1. The lowest BCUT2D eigenvalue weighted by Gasteiger charge is -2.38. The molecule has 1 aromatic heterocycles. The van der Waals surface area contributed by atoms with Crippen molar-refractivity contribution in [2.75, 3.05) is 18.4 Å². The number of amides is 3. The number of nitrogens with one attached hydrogen (secondary N) is 1. The molecule has 13 heteroatoms. The highest BCUT2D eigenvalue weighted by Crippen LogP contribution is 2.34. The Balaban J connectivity index is 1.76. The van der Waals surface area contributed by atoms with Gasteiger partial charge in [-0.25, -0.2) is 4.98 Å². The SMILES string of the molecule is C=C(C#N)C(=O)N1CCCC(n2c(NC(=O)c3ccc(Cl)cc3)nc3cc(CN(C(=O)C(F)(F)F)[C@@H](C)C(C)(C)C)ccc32)C1. The number of nitrogens with zero attached hydrogens (tertiary/aromatic N) is 5. The largest absolute Gasteiger partial charge is 0.471 e. The van der Waals surface area contributed by atoms with E-state index in [2.05, 4.69) is 16.9 Å². The molecule has 0 saturated carbocycles. The summed E-state index contributed by atoms with van der Waals surface area (Å²) in [4.78, 5) is 45.5. The molecular weight excluding hydrogens is 609 g/mol. The van der Waals surface area contributed by atoms with Crippen LogP contribution in [0.1, 0.15) is 62.5 Å². The number of rotatable bonds is 7. The van der Waals surface area contributed by atoms with Crippen molar-refractivity contribution in [3.63, 3.8) is 0 Å². The van der Waals surface area contributed by atoms with E-state index >= 15 is 0 Å². The third kappa shape index (κ3) is 7.48. The summed E-state index contributed by atoms with van der Waals surface area (Å²) < 4.78 is 42.6. The Morgan fingerprint density at radius 1 is 1.18 bits per heavy atom. The average molecular weight is 643 g/mol. The summed E-state index contributed by atoms with van der Waals surface area (Å²) in [5.74, 6) is -2.71. The van der Waals surface area contributed by atoms with Crippen LogP contribution >= 0.6 is 11.6 Å². The van der Waals surface area contributed by atoms with Crippen molar-refractivity contribution in [2.45, 2.75) is 65.3 Å². The van der Waals surface area contributed by atoms with E-state index in [0.717, 1.165) is 4.90 Å². The molecule has 1 aliphatic rings. The topological polar surface area (TPSA) is 111 Å². The van der Waals surface area contributed by atoms with Gasteiger partial charge in [0, 0.05) is 36.3 Å². The van der Waals surface area contributed by atoms with Gasteiger partial charge >= 0.3 is 12.1 Å². The van der Waals surface area contributed by atoms with Gasteiger partial charge in [0.2, 0.25) is 5.95 Å². The summed E-state index contributed by atoms with van der Waals surface area (Å²) in [5, 5.41) is 12.5. The fraction of sp³-hybridized carbons (Fsp3) is 0.406. The van der Waals surface area contributed by atoms with Crippen molar-refractivity contribution in [2.24, 2.45) is 5.41 Å². The first-order valence-electron chi connectivity index (χ1n) is 14.3. The monoisotopic (exact) mass is 642 g/mol. The molecule has 2 heterocycles. The zero-order chi connectivity index (χ0) is 33.3. The number of benzene rings is 2. The number of carbonyl (C=O) groups excluding carboxylic acids is 3. The van der Waals surface area contributed by atoms with Crippen LogP contribution in [0.15, 0.2) is 54.6 Å². The number of hydrogen-bond acceptors (Lipinski definition) is 5. The molecule has 0 spiro atoms. The number of carbonyl (C=O) groups is 3. The highest BCUT2D eigenvalue weighted by atomic mass is 35.5. The number of hydrogen-bond donors (Lipinski definition) is 1. The highest BCUT2D eigenvalue weighted by Gasteiger charge is 2.45. The Kier molecular flexibility index (Phi) is 9.63. The summed E-state index contributed by atoms with van der Waals surface area (Å²) in [6.45, 7) is 10.7. The molecule has 9 nitrogen and oxygen atoms in total. The molecule has 45 heavy (non-hydrogen) atoms. The van der Waals surface area contributed by atoms with E-state index in [1.807, 2.05) is 0 Å². The molecule has 2 atom stereocenters. The fourth-order valence-corrected chi connectivity index (χ4v) is 5.40. The second-order valence-electron chi connectivity index (χ2n) is 12.2. The van der Waals surface area contributed by atoms with E-state index in [9.17, 15) is 32.8 Å². The van der Waals surface area contributed by atoms with E-state index in [4.69, 9.17) is 11.6 Å². The summed E-state index contributed by atoms with van der Waals surface area (Å²) >= 11 is 5.97. The third-order valence-electron chi connectivity index (χ3n) is 8.10. The molecule has 0 bridgehead atoms. The van der Waals surface area contributed by atoms with Gasteiger partial charge in [0.25, 0.3) is 11.8 Å². The standard InChI is InChI=1S/C32H34ClF3N6O3/c1-19(16-37)28(44)40-14-6-7-24(18-40)42-26-13-8-21(17-41(20(2)31(3,4)5)29(45)32(34,35)36)15-25(26)38-30(42)39-27(43)22-9-11-23(33)12-10-22/h8-13,15,20,24H,1,6-7,14,17-18H2,2-5H3,(H,38,39,43)/t20-,24?/m0/s1. The van der Waals surface area contributed by atoms with Crippen LogP contribution in [0.4, 0.5) is 19.1 Å². The first-order chi connectivity index (χ1) is 21.0. The predicted molar refractivity (Wildman–Crippen MR) is 164 cm³/mol. The molecule has 1 aliphatic heterocycles. The summed E-state index contributed by atoms with van der Waals surface area (Å²) in [6, 6.07) is 11.9. The Morgan fingerprint density at radius 3 is 2.44 bits per heavy atom. The second-order valence-corrected chi connectivity index (χ2v) is 12.6. The quantitative estimate of drug-likeness (QED) is 0.233. The van der Waals surface area contributed by atoms with Crippen LogP contribution in [-0.2, 0) is 16.1 Å². The van der Waals surface area contributed by atoms with Crippen molar-refractivity contribution < 1.29 is 27.6 Å². The Bertz CT molecular complexity index is 1670. The minimum atomic E-state index is -5.05. The van der Waals surface area contributed by atoms with Crippen LogP contribution in [-0.4, -0.2) is 62.4 Å². The lowest BCUT2D eigenvalue weighted by atomic mass is 9.86. The average Bonchev–Trinajstić information content (AvgIpc) is 3.34. The van der Waals surface area contributed by atoms with E-state index < -0.39 is 35.4 Å². The molecule has 3 amide bonds. The molecule has 238 valence electrons. The van der Waals surface area contributed by atoms with Gasteiger partial charge < -0.3 is 14.4 Å². The number of halogens is 4. The van der Waals surface area contributed by atoms with Gasteiger partial charge in [-0.3, -0.25) is 19.7 Å². The first kappa shape index (κ1) is 33.5. The second kappa shape index (κ2) is 12.9. The molecular formula is C32H34ClF3N6O3. The maximum absolute atomic E-state index is 13.6. The lowest BCUT2D eigenvalue weighted by molar-refractivity contribution is -0.190. The number of aromatic nitrogens is 2. The van der Waals surface area contributed by atoms with Crippen LogP contribution in [0, 0.1) is 16.7 Å². The van der Waals surface area contributed by atoms with Crippen LogP contribution in [0.2, 0.25) is 5.02 Å².